The molecule has 5 heteroatoms. The summed E-state index contributed by atoms with van der Waals surface area (Å²) in [5, 5.41) is 0.586. The second kappa shape index (κ2) is 4.06. The Morgan fingerprint density at radius 2 is 2.36 bits per heavy atom. The molecule has 0 aliphatic heterocycles. The van der Waals surface area contributed by atoms with Crippen LogP contribution in [0.3, 0.4) is 0 Å². The first-order valence-corrected chi connectivity index (χ1v) is 4.55. The zero-order chi connectivity index (χ0) is 10.7. The lowest BCUT2D eigenvalue weighted by atomic mass is 10.3. The fourth-order valence-corrected chi connectivity index (χ4v) is 1.91. The van der Waals surface area contributed by atoms with E-state index in [1.165, 1.54) is 24.6 Å². The number of nitrogens with zero attached hydrogens (tertiary/aromatic N) is 1. The van der Waals surface area contributed by atoms with Crippen molar-refractivity contribution in [2.75, 3.05) is 12.8 Å². The van der Waals surface area contributed by atoms with E-state index in [-0.39, 0.29) is 0 Å². The number of aliphatic imine (C=N–C) groups is 1. The average Bonchev–Trinajstić information content (AvgIpc) is 2.46. The van der Waals surface area contributed by atoms with Crippen molar-refractivity contribution in [1.82, 2.24) is 0 Å². The Morgan fingerprint density at radius 3 is 2.86 bits per heavy atom. The van der Waals surface area contributed by atoms with Gasteiger partial charge < -0.3 is 10.5 Å². The van der Waals surface area contributed by atoms with Crippen molar-refractivity contribution >= 4 is 42.5 Å². The summed E-state index contributed by atoms with van der Waals surface area (Å²) in [6.07, 6.45) is 1.51. The monoisotopic (exact) mass is 210 g/mol. The Morgan fingerprint density at radius 1 is 1.71 bits per heavy atom. The predicted octanol–water partition coefficient (Wildman–Crippen LogP) is -0.0342. The van der Waals surface area contributed by atoms with E-state index < -0.39 is 5.97 Å². The SMILES string of the molecule is C=N/C=c1/sc(C(=O)OC)c(N)c1=C. The number of anilines is 1. The van der Waals surface area contributed by atoms with Gasteiger partial charge in [-0.2, -0.15) is 0 Å². The maximum atomic E-state index is 11.2. The van der Waals surface area contributed by atoms with Crippen LogP contribution in [-0.2, 0) is 4.74 Å². The Hall–Kier alpha value is -1.62. The van der Waals surface area contributed by atoms with E-state index in [1.807, 2.05) is 0 Å². The minimum atomic E-state index is -0.457. The van der Waals surface area contributed by atoms with Gasteiger partial charge in [-0.05, 0) is 6.72 Å². The van der Waals surface area contributed by atoms with Gasteiger partial charge in [-0.25, -0.2) is 4.79 Å². The minimum Gasteiger partial charge on any atom is -0.465 e. The van der Waals surface area contributed by atoms with Crippen LogP contribution >= 0.6 is 11.3 Å². The third kappa shape index (κ3) is 1.67. The molecular weight excluding hydrogens is 200 g/mol. The van der Waals surface area contributed by atoms with E-state index in [0.717, 1.165) is 4.53 Å². The van der Waals surface area contributed by atoms with Gasteiger partial charge in [0.05, 0.1) is 17.3 Å². The highest BCUT2D eigenvalue weighted by Gasteiger charge is 2.13. The quantitative estimate of drug-likeness (QED) is 0.550. The molecule has 4 nitrogen and oxygen atoms in total. The van der Waals surface area contributed by atoms with Gasteiger partial charge in [-0.1, -0.05) is 6.58 Å². The summed E-state index contributed by atoms with van der Waals surface area (Å²) in [6, 6.07) is 0. The van der Waals surface area contributed by atoms with Gasteiger partial charge in [0.1, 0.15) is 4.88 Å². The molecule has 1 heterocycles. The van der Waals surface area contributed by atoms with Crippen molar-refractivity contribution in [1.29, 1.82) is 0 Å². The summed E-state index contributed by atoms with van der Waals surface area (Å²) in [5.41, 5.74) is 6.02. The third-order valence-corrected chi connectivity index (χ3v) is 2.82. The van der Waals surface area contributed by atoms with Crippen LogP contribution in [0.15, 0.2) is 4.99 Å². The molecule has 14 heavy (non-hydrogen) atoms. The van der Waals surface area contributed by atoms with Crippen molar-refractivity contribution in [3.8, 4) is 0 Å². The van der Waals surface area contributed by atoms with Gasteiger partial charge in [-0.3, -0.25) is 4.99 Å². The Bertz CT molecular complexity index is 476. The van der Waals surface area contributed by atoms with Crippen molar-refractivity contribution in [2.24, 2.45) is 4.99 Å². The standard InChI is InChI=1S/C9H10N2O2S/c1-5-6(4-11-2)14-8(7(5)10)9(12)13-3/h4H,1-2,10H2,3H3/b6-4+. The molecule has 0 radical (unpaired) electrons. The molecule has 0 saturated heterocycles. The molecular formula is C9H10N2O2S. The highest BCUT2D eigenvalue weighted by molar-refractivity contribution is 7.12. The molecule has 0 fully saturated rings. The predicted molar refractivity (Wildman–Crippen MR) is 58.9 cm³/mol. The van der Waals surface area contributed by atoms with Crippen LogP contribution in [0.5, 0.6) is 0 Å². The molecule has 1 aromatic rings. The molecule has 74 valence electrons. The normalized spacial score (nSPS) is 11.4. The molecule has 0 aromatic carbocycles. The number of methoxy groups -OCH3 is 1. The highest BCUT2D eigenvalue weighted by atomic mass is 32.1. The van der Waals surface area contributed by atoms with Gasteiger partial charge in [0, 0.05) is 11.4 Å². The summed E-state index contributed by atoms with van der Waals surface area (Å²) in [4.78, 5) is 15.2. The van der Waals surface area contributed by atoms with Crippen molar-refractivity contribution < 1.29 is 9.53 Å². The van der Waals surface area contributed by atoms with E-state index in [4.69, 9.17) is 5.73 Å². The molecule has 0 atom stereocenters. The first-order valence-electron chi connectivity index (χ1n) is 3.73. The fraction of sp³-hybridized carbons (Fsp3) is 0.111. The highest BCUT2D eigenvalue weighted by Crippen LogP contribution is 2.10. The average molecular weight is 210 g/mol. The Kier molecular flexibility index (Phi) is 3.03. The molecule has 0 spiro atoms. The lowest BCUT2D eigenvalue weighted by molar-refractivity contribution is 0.0607. The van der Waals surface area contributed by atoms with E-state index in [9.17, 15) is 4.79 Å². The number of rotatable bonds is 2. The summed E-state index contributed by atoms with van der Waals surface area (Å²) in [5.74, 6) is -0.457. The van der Waals surface area contributed by atoms with E-state index in [1.54, 1.807) is 0 Å². The number of hydrogen-bond donors (Lipinski definition) is 1. The van der Waals surface area contributed by atoms with E-state index >= 15 is 0 Å². The lowest BCUT2D eigenvalue weighted by Gasteiger charge is -1.94. The second-order valence-corrected chi connectivity index (χ2v) is 3.54. The topological polar surface area (TPSA) is 64.7 Å². The molecule has 0 amide bonds. The van der Waals surface area contributed by atoms with Crippen molar-refractivity contribution in [2.45, 2.75) is 0 Å². The van der Waals surface area contributed by atoms with Crippen LogP contribution in [0.2, 0.25) is 0 Å². The number of carbonyl (C=O) groups excluding carboxylic acids is 1. The molecule has 0 bridgehead atoms. The van der Waals surface area contributed by atoms with Gasteiger partial charge in [0.15, 0.2) is 0 Å². The number of esters is 1. The van der Waals surface area contributed by atoms with Gasteiger partial charge >= 0.3 is 5.97 Å². The zero-order valence-corrected chi connectivity index (χ0v) is 8.56. The van der Waals surface area contributed by atoms with Gasteiger partial charge in [0.25, 0.3) is 0 Å². The first kappa shape index (κ1) is 10.5. The van der Waals surface area contributed by atoms with Crippen LogP contribution in [0.25, 0.3) is 12.8 Å². The molecule has 0 unspecified atom stereocenters. The number of nitrogen functional groups attached to an aromatic ring is 1. The van der Waals surface area contributed by atoms with Crippen LogP contribution in [0.1, 0.15) is 9.67 Å². The van der Waals surface area contributed by atoms with E-state index in [2.05, 4.69) is 23.0 Å². The maximum absolute atomic E-state index is 11.2. The molecule has 1 rings (SSSR count). The largest absolute Gasteiger partial charge is 0.465 e. The summed E-state index contributed by atoms with van der Waals surface area (Å²) in [7, 11) is 1.30. The number of carbonyl (C=O) groups is 1. The molecule has 0 saturated carbocycles. The smallest absolute Gasteiger partial charge is 0.350 e. The number of hydrogen-bond acceptors (Lipinski definition) is 5. The number of ether oxygens (including phenoxy) is 1. The van der Waals surface area contributed by atoms with Crippen molar-refractivity contribution in [3.05, 3.63) is 14.6 Å². The summed E-state index contributed by atoms with van der Waals surface area (Å²) >= 11 is 1.19. The van der Waals surface area contributed by atoms with Gasteiger partial charge in [0.2, 0.25) is 0 Å². The maximum Gasteiger partial charge on any atom is 0.350 e. The van der Waals surface area contributed by atoms with E-state index in [0.29, 0.717) is 15.8 Å². The van der Waals surface area contributed by atoms with Crippen LogP contribution < -0.4 is 15.5 Å². The number of nitrogens with two attached hydrogens (primary N) is 1. The summed E-state index contributed by atoms with van der Waals surface area (Å²) < 4.78 is 5.29. The van der Waals surface area contributed by atoms with Crippen molar-refractivity contribution in [3.63, 3.8) is 0 Å². The fourth-order valence-electron chi connectivity index (χ4n) is 0.928. The van der Waals surface area contributed by atoms with Crippen LogP contribution in [0.4, 0.5) is 5.69 Å². The minimum absolute atomic E-state index is 0.344. The summed E-state index contributed by atoms with van der Waals surface area (Å²) in [6.45, 7) is 7.05. The van der Waals surface area contributed by atoms with Crippen LogP contribution in [0, 0.1) is 0 Å². The molecule has 0 aliphatic carbocycles. The number of thiophene rings is 1. The third-order valence-electron chi connectivity index (χ3n) is 1.66. The second-order valence-electron chi connectivity index (χ2n) is 2.49. The van der Waals surface area contributed by atoms with Crippen LogP contribution in [-0.4, -0.2) is 19.8 Å². The molecule has 1 aromatic heterocycles. The molecule has 2 N–H and O–H groups in total. The lowest BCUT2D eigenvalue weighted by Crippen LogP contribution is -2.19. The Balaban J connectivity index is 3.44. The van der Waals surface area contributed by atoms with Gasteiger partial charge in [-0.15, -0.1) is 11.3 Å². The Labute approximate surface area is 85.0 Å². The molecule has 0 aliphatic rings. The first-order chi connectivity index (χ1) is 6.61. The zero-order valence-electron chi connectivity index (χ0n) is 7.74.